The summed E-state index contributed by atoms with van der Waals surface area (Å²) in [7, 11) is -4.48. The first-order chi connectivity index (χ1) is 18.8. The van der Waals surface area contributed by atoms with Gasteiger partial charge in [0.2, 0.25) is 0 Å². The smallest absolute Gasteiger partial charge is 0.748 e. The molecule has 0 aliphatic carbocycles. The van der Waals surface area contributed by atoms with E-state index in [0.29, 0.717) is 0 Å². The van der Waals surface area contributed by atoms with E-state index in [4.69, 9.17) is 9.47 Å². The Bertz CT molecular complexity index is 889. The minimum absolute atomic E-state index is 0. The average Bonchev–Trinajstić information content (AvgIpc) is 2.91. The van der Waals surface area contributed by atoms with Crippen LogP contribution in [0.15, 0.2) is 24.3 Å². The molecule has 0 unspecified atom stereocenters. The Balaban J connectivity index is 0.0000152. The van der Waals surface area contributed by atoms with E-state index in [1.54, 1.807) is 12.1 Å². The zero-order valence-corrected chi connectivity index (χ0v) is 29.1. The maximum atomic E-state index is 12.4. The van der Waals surface area contributed by atoms with Gasteiger partial charge in [0.05, 0.1) is 33.6 Å². The van der Waals surface area contributed by atoms with Crippen molar-refractivity contribution in [3.8, 4) is 0 Å². The number of carbonyl (C=O) groups excluding carboxylic acids is 2. The van der Waals surface area contributed by atoms with Crippen molar-refractivity contribution in [1.82, 2.24) is 0 Å². The molecule has 0 heterocycles. The van der Waals surface area contributed by atoms with Gasteiger partial charge in [-0.3, -0.25) is 0 Å². The Morgan fingerprint density at radius 1 is 0.600 bits per heavy atom. The summed E-state index contributed by atoms with van der Waals surface area (Å²) in [5.41, 5.74) is 0.0456. The van der Waals surface area contributed by atoms with Crippen LogP contribution in [0.2, 0.25) is 0 Å². The van der Waals surface area contributed by atoms with Crippen LogP contribution >= 0.6 is 0 Å². The molecule has 0 N–H and O–H groups in total. The summed E-state index contributed by atoms with van der Waals surface area (Å²) < 4.78 is 42.1. The third kappa shape index (κ3) is 22.3. The maximum absolute atomic E-state index is 12.4. The van der Waals surface area contributed by atoms with Crippen LogP contribution in [0.3, 0.4) is 0 Å². The number of carbonyl (C=O) groups is 2. The van der Waals surface area contributed by atoms with E-state index in [0.717, 1.165) is 19.3 Å². The van der Waals surface area contributed by atoms with E-state index >= 15 is 0 Å². The van der Waals surface area contributed by atoms with E-state index < -0.39 is 34.4 Å². The Morgan fingerprint density at radius 3 is 1.27 bits per heavy atom. The molecule has 0 aromatic heterocycles. The number of ether oxygens (including phenoxy) is 2. The second-order valence-electron chi connectivity index (χ2n) is 10.4. The van der Waals surface area contributed by atoms with Gasteiger partial charge in [-0.05, 0) is 18.6 Å². The molecule has 0 aliphatic rings. The van der Waals surface area contributed by atoms with E-state index in [1.165, 1.54) is 115 Å². The molecule has 0 saturated heterocycles. The average molecular weight is 607 g/mol. The SMILES string of the molecule is CCCCCCCCCCCCCCCCCCCCCOC(=O)c1ccccc1C(=O)OCCS(=O)(=O)[O-].[K+]. The summed E-state index contributed by atoms with van der Waals surface area (Å²) >= 11 is 0. The van der Waals surface area contributed by atoms with Crippen LogP contribution in [-0.4, -0.2) is 43.9 Å². The first-order valence-corrected chi connectivity index (χ1v) is 16.8. The summed E-state index contributed by atoms with van der Waals surface area (Å²) in [6.45, 7) is 1.98. The predicted molar refractivity (Wildman–Crippen MR) is 155 cm³/mol. The Labute approximate surface area is 286 Å². The molecule has 7 nitrogen and oxygen atoms in total. The quantitative estimate of drug-likeness (QED) is 0.0668. The molecule has 40 heavy (non-hydrogen) atoms. The van der Waals surface area contributed by atoms with Gasteiger partial charge in [0, 0.05) is 0 Å². The fraction of sp³-hybridized carbons (Fsp3) is 0.742. The number of hydrogen-bond donors (Lipinski definition) is 0. The molecule has 0 atom stereocenters. The monoisotopic (exact) mass is 606 g/mol. The van der Waals surface area contributed by atoms with Crippen molar-refractivity contribution in [1.29, 1.82) is 0 Å². The fourth-order valence-electron chi connectivity index (χ4n) is 4.58. The molecule has 0 bridgehead atoms. The molecule has 9 heteroatoms. The molecule has 0 radical (unpaired) electrons. The van der Waals surface area contributed by atoms with Gasteiger partial charge in [0.15, 0.2) is 0 Å². The molecule has 0 amide bonds. The fourth-order valence-corrected chi connectivity index (χ4v) is 4.86. The molecule has 0 fully saturated rings. The van der Waals surface area contributed by atoms with Gasteiger partial charge in [-0.25, -0.2) is 18.0 Å². The van der Waals surface area contributed by atoms with Gasteiger partial charge in [-0.2, -0.15) is 0 Å². The van der Waals surface area contributed by atoms with Crippen LogP contribution in [0.25, 0.3) is 0 Å². The summed E-state index contributed by atoms with van der Waals surface area (Å²) in [6, 6.07) is 6.03. The third-order valence-corrected chi connectivity index (χ3v) is 7.58. The summed E-state index contributed by atoms with van der Waals surface area (Å²) in [4.78, 5) is 24.6. The summed E-state index contributed by atoms with van der Waals surface area (Å²) in [5, 5.41) is 0. The van der Waals surface area contributed by atoms with Gasteiger partial charge < -0.3 is 14.0 Å². The molecule has 1 rings (SSSR count). The second kappa shape index (κ2) is 26.3. The molecule has 0 spiro atoms. The van der Waals surface area contributed by atoms with Crippen LogP contribution in [0.4, 0.5) is 0 Å². The minimum atomic E-state index is -4.48. The van der Waals surface area contributed by atoms with Crippen molar-refractivity contribution in [3.05, 3.63) is 35.4 Å². The van der Waals surface area contributed by atoms with Crippen molar-refractivity contribution in [2.75, 3.05) is 19.0 Å². The zero-order valence-electron chi connectivity index (χ0n) is 25.1. The maximum Gasteiger partial charge on any atom is 1.00 e. The predicted octanol–water partition coefficient (Wildman–Crippen LogP) is 4.98. The molecule has 224 valence electrons. The molecule has 1 aromatic carbocycles. The number of unbranched alkanes of at least 4 members (excludes halogenated alkanes) is 18. The number of esters is 2. The van der Waals surface area contributed by atoms with Crippen LogP contribution in [-0.2, 0) is 19.6 Å². The van der Waals surface area contributed by atoms with E-state index in [-0.39, 0.29) is 69.1 Å². The molecule has 0 saturated carbocycles. The van der Waals surface area contributed by atoms with Gasteiger partial charge >= 0.3 is 63.3 Å². The molecule has 1 aromatic rings. The normalized spacial score (nSPS) is 11.2. The zero-order chi connectivity index (χ0) is 28.6. The van der Waals surface area contributed by atoms with Gasteiger partial charge in [0.1, 0.15) is 6.61 Å². The van der Waals surface area contributed by atoms with Crippen LogP contribution < -0.4 is 51.4 Å². The largest absolute Gasteiger partial charge is 1.00 e. The van der Waals surface area contributed by atoms with E-state index in [1.807, 2.05) is 0 Å². The van der Waals surface area contributed by atoms with Crippen molar-refractivity contribution in [2.45, 2.75) is 129 Å². The van der Waals surface area contributed by atoms with E-state index in [9.17, 15) is 22.6 Å². The molecule has 0 aliphatic heterocycles. The van der Waals surface area contributed by atoms with Crippen LogP contribution in [0.1, 0.15) is 150 Å². The van der Waals surface area contributed by atoms with Crippen molar-refractivity contribution < 1.29 is 83.4 Å². The van der Waals surface area contributed by atoms with Crippen LogP contribution in [0.5, 0.6) is 0 Å². The number of benzene rings is 1. The number of hydrogen-bond acceptors (Lipinski definition) is 7. The second-order valence-corrected chi connectivity index (χ2v) is 12.0. The standard InChI is InChI=1S/C31H52O7S.K/c1-2-3-4-5-6-7-8-9-10-11-12-13-14-15-16-17-18-19-22-25-37-30(32)28-23-20-21-24-29(28)31(33)38-26-27-39(34,35)36;/h20-21,23-24H,2-19,22,25-27H2,1H3,(H,34,35,36);/q;+1/p-1. The molecular formula is C31H51KO7S. The molecular weight excluding hydrogens is 555 g/mol. The van der Waals surface area contributed by atoms with Crippen molar-refractivity contribution >= 4 is 22.1 Å². The Morgan fingerprint density at radius 2 is 0.925 bits per heavy atom. The Kier molecular flexibility index (Phi) is 26.1. The first-order valence-electron chi connectivity index (χ1n) is 15.2. The van der Waals surface area contributed by atoms with Gasteiger partial charge in [0.25, 0.3) is 0 Å². The van der Waals surface area contributed by atoms with Gasteiger partial charge in [-0.1, -0.05) is 135 Å². The summed E-state index contributed by atoms with van der Waals surface area (Å²) in [6.07, 6.45) is 24.6. The third-order valence-electron chi connectivity index (χ3n) is 6.91. The topological polar surface area (TPSA) is 110 Å². The first kappa shape index (κ1) is 39.7. The summed E-state index contributed by atoms with van der Waals surface area (Å²) in [5.74, 6) is -2.30. The van der Waals surface area contributed by atoms with Crippen molar-refractivity contribution in [2.24, 2.45) is 0 Å². The Hall–Kier alpha value is -0.294. The van der Waals surface area contributed by atoms with Crippen molar-refractivity contribution in [3.63, 3.8) is 0 Å². The minimum Gasteiger partial charge on any atom is -0.748 e. The van der Waals surface area contributed by atoms with Crippen LogP contribution in [0, 0.1) is 0 Å². The van der Waals surface area contributed by atoms with E-state index in [2.05, 4.69) is 6.92 Å². The number of rotatable bonds is 25. The van der Waals surface area contributed by atoms with Gasteiger partial charge in [-0.15, -0.1) is 0 Å².